The summed E-state index contributed by atoms with van der Waals surface area (Å²) < 4.78 is 5.39. The smallest absolute Gasteiger partial charge is 0.0897 e. The van der Waals surface area contributed by atoms with Crippen LogP contribution >= 0.6 is 0 Å². The van der Waals surface area contributed by atoms with Crippen LogP contribution in [0.5, 0.6) is 0 Å². The molecular weight excluding hydrogens is 218 g/mol. The number of aliphatic hydroxyl groups is 2. The largest absolute Gasteiger partial charge is 0.392 e. The number of hydrogen-bond acceptors (Lipinski definition) is 4. The molecule has 102 valence electrons. The van der Waals surface area contributed by atoms with E-state index < -0.39 is 6.10 Å². The summed E-state index contributed by atoms with van der Waals surface area (Å²) in [5, 5.41) is 22.3. The first-order valence-corrected chi connectivity index (χ1v) is 6.72. The number of nitrogens with one attached hydrogen (secondary N) is 1. The molecule has 0 spiro atoms. The first kappa shape index (κ1) is 14.9. The molecule has 0 aromatic heterocycles. The van der Waals surface area contributed by atoms with Crippen LogP contribution in [0.25, 0.3) is 0 Å². The number of hydrogen-bond donors (Lipinski definition) is 3. The van der Waals surface area contributed by atoms with Gasteiger partial charge in [-0.25, -0.2) is 0 Å². The summed E-state index contributed by atoms with van der Waals surface area (Å²) in [6, 6.07) is 0. The minimum absolute atomic E-state index is 0.324. The van der Waals surface area contributed by atoms with E-state index in [1.807, 2.05) is 0 Å². The minimum Gasteiger partial charge on any atom is -0.392 e. The summed E-state index contributed by atoms with van der Waals surface area (Å²) >= 11 is 0. The van der Waals surface area contributed by atoms with Crippen molar-refractivity contribution in [2.75, 3.05) is 26.3 Å². The Bertz CT molecular complexity index is 195. The van der Waals surface area contributed by atoms with Crippen LogP contribution < -0.4 is 5.32 Å². The molecule has 1 aliphatic rings. The van der Waals surface area contributed by atoms with E-state index in [2.05, 4.69) is 19.2 Å². The van der Waals surface area contributed by atoms with Crippen molar-refractivity contribution in [3.63, 3.8) is 0 Å². The molecule has 1 rings (SSSR count). The molecule has 4 heteroatoms. The van der Waals surface area contributed by atoms with E-state index >= 15 is 0 Å². The van der Waals surface area contributed by atoms with E-state index in [1.165, 1.54) is 12.8 Å². The second-order valence-corrected chi connectivity index (χ2v) is 5.58. The van der Waals surface area contributed by atoms with Crippen LogP contribution in [0, 0.1) is 11.8 Å². The van der Waals surface area contributed by atoms with Crippen molar-refractivity contribution in [1.82, 2.24) is 5.32 Å². The van der Waals surface area contributed by atoms with Crippen molar-refractivity contribution < 1.29 is 14.9 Å². The Labute approximate surface area is 104 Å². The monoisotopic (exact) mass is 245 g/mol. The highest BCUT2D eigenvalue weighted by molar-refractivity contribution is 4.72. The van der Waals surface area contributed by atoms with E-state index in [9.17, 15) is 10.2 Å². The zero-order chi connectivity index (χ0) is 12.7. The third-order valence-corrected chi connectivity index (χ3v) is 2.86. The first-order valence-electron chi connectivity index (χ1n) is 6.72. The van der Waals surface area contributed by atoms with E-state index in [0.717, 1.165) is 18.9 Å². The molecule has 0 bridgehead atoms. The third-order valence-electron chi connectivity index (χ3n) is 2.86. The Morgan fingerprint density at radius 1 is 1.18 bits per heavy atom. The summed E-state index contributed by atoms with van der Waals surface area (Å²) in [4.78, 5) is 0. The van der Waals surface area contributed by atoms with Crippen molar-refractivity contribution in [1.29, 1.82) is 0 Å². The Morgan fingerprint density at radius 2 is 1.82 bits per heavy atom. The Balaban J connectivity index is 1.89. The van der Waals surface area contributed by atoms with E-state index in [1.54, 1.807) is 0 Å². The fraction of sp³-hybridized carbons (Fsp3) is 1.00. The predicted molar refractivity (Wildman–Crippen MR) is 67.9 cm³/mol. The predicted octanol–water partition coefficient (Wildman–Crippen LogP) is 0.770. The van der Waals surface area contributed by atoms with Crippen LogP contribution in [0.2, 0.25) is 0 Å². The van der Waals surface area contributed by atoms with Crippen molar-refractivity contribution in [2.45, 2.75) is 45.3 Å². The zero-order valence-electron chi connectivity index (χ0n) is 11.1. The van der Waals surface area contributed by atoms with Crippen LogP contribution in [0.1, 0.15) is 33.1 Å². The molecule has 0 radical (unpaired) electrons. The Morgan fingerprint density at radius 3 is 2.41 bits per heavy atom. The van der Waals surface area contributed by atoms with Crippen LogP contribution in [0.3, 0.4) is 0 Å². The zero-order valence-corrected chi connectivity index (χ0v) is 11.1. The van der Waals surface area contributed by atoms with Gasteiger partial charge >= 0.3 is 0 Å². The molecule has 17 heavy (non-hydrogen) atoms. The lowest BCUT2D eigenvalue weighted by Gasteiger charge is -2.16. The van der Waals surface area contributed by atoms with Gasteiger partial charge in [0.2, 0.25) is 0 Å². The van der Waals surface area contributed by atoms with Crippen LogP contribution in [0.15, 0.2) is 0 Å². The normalized spacial score (nSPS) is 19.6. The number of rotatable bonds is 10. The SMILES string of the molecule is CC(C)CC(O)CNCC(O)COCC1CC1. The molecule has 2 unspecified atom stereocenters. The fourth-order valence-corrected chi connectivity index (χ4v) is 1.76. The molecule has 1 aliphatic carbocycles. The summed E-state index contributed by atoms with van der Waals surface area (Å²) in [5.74, 6) is 1.24. The second-order valence-electron chi connectivity index (χ2n) is 5.58. The molecule has 4 nitrogen and oxygen atoms in total. The summed E-state index contributed by atoms with van der Waals surface area (Å²) in [7, 11) is 0. The van der Waals surface area contributed by atoms with Gasteiger partial charge in [-0.05, 0) is 31.1 Å². The molecule has 0 aromatic rings. The van der Waals surface area contributed by atoms with E-state index in [0.29, 0.717) is 25.6 Å². The average Bonchev–Trinajstić information content (AvgIpc) is 3.00. The van der Waals surface area contributed by atoms with Crippen LogP contribution in [-0.4, -0.2) is 48.7 Å². The summed E-state index contributed by atoms with van der Waals surface area (Å²) in [6.45, 7) is 6.38. The maximum absolute atomic E-state index is 9.61. The van der Waals surface area contributed by atoms with Gasteiger partial charge < -0.3 is 20.3 Å². The van der Waals surface area contributed by atoms with Crippen LogP contribution in [-0.2, 0) is 4.74 Å². The van der Waals surface area contributed by atoms with E-state index in [-0.39, 0.29) is 6.10 Å². The Hall–Kier alpha value is -0.160. The molecule has 3 N–H and O–H groups in total. The lowest BCUT2D eigenvalue weighted by molar-refractivity contribution is 0.0306. The van der Waals surface area contributed by atoms with Gasteiger partial charge in [0, 0.05) is 19.7 Å². The van der Waals surface area contributed by atoms with Gasteiger partial charge in [-0.1, -0.05) is 13.8 Å². The lowest BCUT2D eigenvalue weighted by atomic mass is 10.1. The molecule has 0 saturated heterocycles. The Kier molecular flexibility index (Phi) is 7.04. The molecule has 1 saturated carbocycles. The van der Waals surface area contributed by atoms with Gasteiger partial charge in [-0.3, -0.25) is 0 Å². The summed E-state index contributed by atoms with van der Waals surface area (Å²) in [6.07, 6.45) is 2.54. The van der Waals surface area contributed by atoms with Gasteiger partial charge in [0.1, 0.15) is 0 Å². The van der Waals surface area contributed by atoms with Crippen molar-refractivity contribution in [2.24, 2.45) is 11.8 Å². The molecular formula is C13H27NO3. The highest BCUT2D eigenvalue weighted by Crippen LogP contribution is 2.28. The molecule has 0 amide bonds. The molecule has 0 aromatic carbocycles. The molecule has 0 heterocycles. The number of ether oxygens (including phenoxy) is 1. The molecule has 1 fully saturated rings. The van der Waals surface area contributed by atoms with Gasteiger partial charge in [0.25, 0.3) is 0 Å². The fourth-order valence-electron chi connectivity index (χ4n) is 1.76. The maximum atomic E-state index is 9.61. The quantitative estimate of drug-likeness (QED) is 0.532. The lowest BCUT2D eigenvalue weighted by Crippen LogP contribution is -2.35. The standard InChI is InChI=1S/C13H27NO3/c1-10(2)5-12(15)6-14-7-13(16)9-17-8-11-3-4-11/h10-16H,3-9H2,1-2H3. The molecule has 0 aliphatic heterocycles. The minimum atomic E-state index is -0.472. The highest BCUT2D eigenvalue weighted by Gasteiger charge is 2.21. The van der Waals surface area contributed by atoms with Gasteiger partial charge in [-0.2, -0.15) is 0 Å². The third kappa shape index (κ3) is 8.55. The van der Waals surface area contributed by atoms with Crippen molar-refractivity contribution in [3.8, 4) is 0 Å². The first-order chi connectivity index (χ1) is 8.08. The maximum Gasteiger partial charge on any atom is 0.0897 e. The van der Waals surface area contributed by atoms with Crippen molar-refractivity contribution >= 4 is 0 Å². The number of aliphatic hydroxyl groups excluding tert-OH is 2. The average molecular weight is 245 g/mol. The van der Waals surface area contributed by atoms with Gasteiger partial charge in [-0.15, -0.1) is 0 Å². The topological polar surface area (TPSA) is 61.7 Å². The molecule has 2 atom stereocenters. The highest BCUT2D eigenvalue weighted by atomic mass is 16.5. The van der Waals surface area contributed by atoms with Crippen molar-refractivity contribution in [3.05, 3.63) is 0 Å². The summed E-state index contributed by atoms with van der Waals surface area (Å²) in [5.41, 5.74) is 0. The second kappa shape index (κ2) is 8.03. The van der Waals surface area contributed by atoms with Gasteiger partial charge in [0.15, 0.2) is 0 Å². The van der Waals surface area contributed by atoms with Gasteiger partial charge in [0.05, 0.1) is 18.8 Å². The van der Waals surface area contributed by atoms with Crippen LogP contribution in [0.4, 0.5) is 0 Å². The van der Waals surface area contributed by atoms with E-state index in [4.69, 9.17) is 4.74 Å².